The van der Waals surface area contributed by atoms with Crippen molar-refractivity contribution in [3.63, 3.8) is 0 Å². The largest absolute Gasteiger partial charge is 0.504 e. The summed E-state index contributed by atoms with van der Waals surface area (Å²) in [5.74, 6) is 0.460. The first-order chi connectivity index (χ1) is 19.4. The third-order valence-corrected chi connectivity index (χ3v) is 7.37. The number of hydrogen-bond donors (Lipinski definition) is 1. The van der Waals surface area contributed by atoms with Crippen LogP contribution >= 0.6 is 11.3 Å². The lowest BCUT2D eigenvalue weighted by Crippen LogP contribution is -2.40. The Balaban J connectivity index is 1.78. The Kier molecular flexibility index (Phi) is 7.84. The lowest BCUT2D eigenvalue weighted by Gasteiger charge is -2.26. The molecule has 5 rings (SSSR count). The van der Waals surface area contributed by atoms with Gasteiger partial charge in [0.15, 0.2) is 16.3 Å². The number of phenolic OH excluding ortho intramolecular Hbond substituents is 1. The van der Waals surface area contributed by atoms with Crippen molar-refractivity contribution in [2.24, 2.45) is 4.99 Å². The lowest BCUT2D eigenvalue weighted by atomic mass is 9.93. The number of hydrogen-bond acceptors (Lipinski definition) is 8. The van der Waals surface area contributed by atoms with E-state index in [0.29, 0.717) is 44.3 Å². The second-order valence-electron chi connectivity index (χ2n) is 8.86. The zero-order valence-corrected chi connectivity index (χ0v) is 23.1. The van der Waals surface area contributed by atoms with Crippen LogP contribution in [-0.4, -0.2) is 36.0 Å². The number of ether oxygens (including phenoxy) is 3. The van der Waals surface area contributed by atoms with Gasteiger partial charge in [0.25, 0.3) is 5.56 Å². The van der Waals surface area contributed by atoms with Crippen molar-refractivity contribution < 1.29 is 24.1 Å². The standard InChI is InChI=1S/C31H28N2O6S/c1-4-38-24-17-19(11-16-23(24)34)18-25-29(35)33-28(21-12-14-22(37-3)15-13-21)26(30(36)39-5-2)27(32-31(33)40-25)20-9-7-6-8-10-20/h6-18,28,34H,4-5H2,1-3H3/b25-18-/t28-/m0/s1. The third-order valence-electron chi connectivity index (χ3n) is 6.39. The van der Waals surface area contributed by atoms with Gasteiger partial charge in [0.1, 0.15) is 5.75 Å². The second-order valence-corrected chi connectivity index (χ2v) is 9.87. The molecule has 3 aromatic carbocycles. The molecule has 1 aromatic heterocycles. The van der Waals surface area contributed by atoms with Gasteiger partial charge in [-0.1, -0.05) is 59.9 Å². The number of methoxy groups -OCH3 is 1. The monoisotopic (exact) mass is 556 g/mol. The van der Waals surface area contributed by atoms with Gasteiger partial charge in [0.2, 0.25) is 0 Å². The zero-order valence-electron chi connectivity index (χ0n) is 22.3. The Morgan fingerprint density at radius 3 is 2.48 bits per heavy atom. The van der Waals surface area contributed by atoms with E-state index in [1.54, 1.807) is 48.9 Å². The number of carbonyl (C=O) groups is 1. The second kappa shape index (κ2) is 11.6. The van der Waals surface area contributed by atoms with Crippen LogP contribution in [0.2, 0.25) is 0 Å². The van der Waals surface area contributed by atoms with Crippen LogP contribution in [0.4, 0.5) is 0 Å². The molecule has 0 fully saturated rings. The van der Waals surface area contributed by atoms with Crippen molar-refractivity contribution in [1.29, 1.82) is 0 Å². The highest BCUT2D eigenvalue weighted by Crippen LogP contribution is 2.35. The summed E-state index contributed by atoms with van der Waals surface area (Å²) in [6, 6.07) is 20.8. The van der Waals surface area contributed by atoms with Crippen molar-refractivity contribution in [3.8, 4) is 17.2 Å². The minimum Gasteiger partial charge on any atom is -0.504 e. The molecule has 1 N–H and O–H groups in total. The molecule has 0 spiro atoms. The first kappa shape index (κ1) is 27.0. The topological polar surface area (TPSA) is 99.4 Å². The van der Waals surface area contributed by atoms with E-state index in [2.05, 4.69) is 0 Å². The molecule has 0 saturated heterocycles. The number of phenols is 1. The van der Waals surface area contributed by atoms with E-state index in [1.165, 1.54) is 17.4 Å². The zero-order chi connectivity index (χ0) is 28.2. The van der Waals surface area contributed by atoms with E-state index < -0.39 is 12.0 Å². The highest BCUT2D eigenvalue weighted by Gasteiger charge is 2.35. The molecule has 0 saturated carbocycles. The number of aromatic hydroxyl groups is 1. The molecule has 204 valence electrons. The highest BCUT2D eigenvalue weighted by atomic mass is 32.1. The molecule has 0 radical (unpaired) electrons. The molecule has 2 heterocycles. The molecule has 9 heteroatoms. The predicted octanol–water partition coefficient (Wildman–Crippen LogP) is 4.05. The predicted molar refractivity (Wildman–Crippen MR) is 153 cm³/mol. The Morgan fingerprint density at radius 1 is 1.05 bits per heavy atom. The minimum atomic E-state index is -0.780. The number of carbonyl (C=O) groups excluding carboxylic acids is 1. The SMILES string of the molecule is CCOC(=O)C1=C(c2ccccc2)N=c2s/c(=C\c3ccc(O)c(OCC)c3)c(=O)n2[C@H]1c1ccc(OC)cc1. The van der Waals surface area contributed by atoms with Gasteiger partial charge in [-0.15, -0.1) is 0 Å². The van der Waals surface area contributed by atoms with Gasteiger partial charge >= 0.3 is 5.97 Å². The lowest BCUT2D eigenvalue weighted by molar-refractivity contribution is -0.138. The van der Waals surface area contributed by atoms with Crippen molar-refractivity contribution in [2.45, 2.75) is 19.9 Å². The maximum Gasteiger partial charge on any atom is 0.338 e. The van der Waals surface area contributed by atoms with Crippen LogP contribution in [0.1, 0.15) is 36.6 Å². The van der Waals surface area contributed by atoms with Gasteiger partial charge < -0.3 is 19.3 Å². The van der Waals surface area contributed by atoms with Gasteiger partial charge in [0.05, 0.1) is 42.2 Å². The molecule has 0 amide bonds. The minimum absolute atomic E-state index is 0.0200. The normalized spacial score (nSPS) is 14.9. The van der Waals surface area contributed by atoms with Gasteiger partial charge in [0, 0.05) is 5.56 Å². The summed E-state index contributed by atoms with van der Waals surface area (Å²) in [7, 11) is 1.58. The summed E-state index contributed by atoms with van der Waals surface area (Å²) in [6.45, 7) is 4.13. The summed E-state index contributed by atoms with van der Waals surface area (Å²) in [5, 5.41) is 10.1. The average molecular weight is 557 g/mol. The molecular weight excluding hydrogens is 528 g/mol. The van der Waals surface area contributed by atoms with Crippen molar-refractivity contribution in [1.82, 2.24) is 4.57 Å². The van der Waals surface area contributed by atoms with Crippen molar-refractivity contribution in [3.05, 3.63) is 115 Å². The Hall–Kier alpha value is -4.63. The smallest absolute Gasteiger partial charge is 0.338 e. The van der Waals surface area contributed by atoms with E-state index in [9.17, 15) is 14.7 Å². The number of esters is 1. The number of rotatable bonds is 8. The van der Waals surface area contributed by atoms with Crippen LogP contribution in [-0.2, 0) is 9.53 Å². The van der Waals surface area contributed by atoms with Crippen LogP contribution in [0.15, 0.2) is 88.2 Å². The Labute approximate surface area is 234 Å². The van der Waals surface area contributed by atoms with E-state index in [1.807, 2.05) is 49.4 Å². The van der Waals surface area contributed by atoms with Crippen LogP contribution in [0, 0.1) is 0 Å². The van der Waals surface area contributed by atoms with Crippen molar-refractivity contribution >= 4 is 29.1 Å². The van der Waals surface area contributed by atoms with Crippen LogP contribution < -0.4 is 24.4 Å². The molecule has 4 aromatic rings. The van der Waals surface area contributed by atoms with Crippen LogP contribution in [0.25, 0.3) is 11.8 Å². The first-order valence-electron chi connectivity index (χ1n) is 12.8. The third kappa shape index (κ3) is 5.15. The molecular formula is C31H28N2O6S. The molecule has 1 atom stereocenters. The van der Waals surface area contributed by atoms with Gasteiger partial charge in [-0.05, 0) is 55.3 Å². The van der Waals surface area contributed by atoms with Crippen LogP contribution in [0.3, 0.4) is 0 Å². The van der Waals surface area contributed by atoms with E-state index in [4.69, 9.17) is 19.2 Å². The number of aromatic nitrogens is 1. The molecule has 0 aliphatic carbocycles. The maximum absolute atomic E-state index is 14.0. The molecule has 1 aliphatic heterocycles. The van der Waals surface area contributed by atoms with Gasteiger partial charge in [-0.3, -0.25) is 9.36 Å². The fraction of sp³-hybridized carbons (Fsp3) is 0.194. The quantitative estimate of drug-likeness (QED) is 0.329. The number of thiazole rings is 1. The fourth-order valence-electron chi connectivity index (χ4n) is 4.58. The summed E-state index contributed by atoms with van der Waals surface area (Å²) in [6.07, 6.45) is 1.73. The summed E-state index contributed by atoms with van der Waals surface area (Å²) in [5.41, 5.74) is 2.56. The number of benzene rings is 3. The van der Waals surface area contributed by atoms with E-state index in [0.717, 1.165) is 5.56 Å². The highest BCUT2D eigenvalue weighted by molar-refractivity contribution is 7.07. The summed E-state index contributed by atoms with van der Waals surface area (Å²) < 4.78 is 18.3. The Morgan fingerprint density at radius 2 is 1.80 bits per heavy atom. The summed E-state index contributed by atoms with van der Waals surface area (Å²) in [4.78, 5) is 32.8. The number of fused-ring (bicyclic) bond motifs is 1. The van der Waals surface area contributed by atoms with Crippen LogP contribution in [0.5, 0.6) is 17.2 Å². The molecule has 40 heavy (non-hydrogen) atoms. The molecule has 0 unspecified atom stereocenters. The maximum atomic E-state index is 14.0. The van der Waals surface area contributed by atoms with E-state index >= 15 is 0 Å². The van der Waals surface area contributed by atoms with Gasteiger partial charge in [-0.25, -0.2) is 9.79 Å². The molecule has 1 aliphatic rings. The molecule has 8 nitrogen and oxygen atoms in total. The van der Waals surface area contributed by atoms with Crippen molar-refractivity contribution in [2.75, 3.05) is 20.3 Å². The summed E-state index contributed by atoms with van der Waals surface area (Å²) >= 11 is 1.23. The average Bonchev–Trinajstić information content (AvgIpc) is 3.29. The first-order valence-corrected chi connectivity index (χ1v) is 13.6. The Bertz CT molecular complexity index is 1750. The van der Waals surface area contributed by atoms with Gasteiger partial charge in [-0.2, -0.15) is 0 Å². The number of nitrogens with zero attached hydrogens (tertiary/aromatic N) is 2. The van der Waals surface area contributed by atoms with E-state index in [-0.39, 0.29) is 23.5 Å². The molecule has 0 bridgehead atoms. The fourth-order valence-corrected chi connectivity index (χ4v) is 5.59.